The number of anilines is 1. The van der Waals surface area contributed by atoms with E-state index in [0.29, 0.717) is 10.0 Å². The summed E-state index contributed by atoms with van der Waals surface area (Å²) in [6, 6.07) is 0. The summed E-state index contributed by atoms with van der Waals surface area (Å²) in [6.45, 7) is 3.53. The Hall–Kier alpha value is -1.14. The first-order valence-corrected chi connectivity index (χ1v) is 6.36. The predicted octanol–water partition coefficient (Wildman–Crippen LogP) is 1.06. The van der Waals surface area contributed by atoms with Gasteiger partial charge in [0.25, 0.3) is 5.91 Å². The fraction of sp³-hybridized carbons (Fsp3) is 0.636. The Morgan fingerprint density at radius 2 is 2.00 bits per heavy atom. The van der Waals surface area contributed by atoms with Crippen LogP contribution in [0.15, 0.2) is 0 Å². The summed E-state index contributed by atoms with van der Waals surface area (Å²) in [5, 5.41) is 0.451. The molecule has 0 saturated heterocycles. The molecule has 1 heterocycles. The first-order chi connectivity index (χ1) is 7.91. The number of aryl methyl sites for hydroxylation is 1. The van der Waals surface area contributed by atoms with Crippen molar-refractivity contribution in [1.29, 1.82) is 0 Å². The molecule has 1 aromatic heterocycles. The molecule has 0 saturated carbocycles. The minimum atomic E-state index is 0.00968. The lowest BCUT2D eigenvalue weighted by atomic mass is 10.3. The number of carbonyl (C=O) groups excluding carboxylic acids is 1. The van der Waals surface area contributed by atoms with Gasteiger partial charge in [0.05, 0.1) is 5.69 Å². The van der Waals surface area contributed by atoms with Crippen LogP contribution in [-0.2, 0) is 0 Å². The molecule has 1 amide bonds. The summed E-state index contributed by atoms with van der Waals surface area (Å²) >= 11 is 1.26. The van der Waals surface area contributed by atoms with E-state index >= 15 is 0 Å². The number of nitrogens with two attached hydrogens (primary N) is 1. The number of nitrogen functional groups attached to an aromatic ring is 1. The zero-order valence-electron chi connectivity index (χ0n) is 10.9. The highest BCUT2D eigenvalue weighted by Gasteiger charge is 2.17. The first-order valence-electron chi connectivity index (χ1n) is 5.55. The minimum absolute atomic E-state index is 0.00968. The van der Waals surface area contributed by atoms with Crippen molar-refractivity contribution in [3.8, 4) is 0 Å². The summed E-state index contributed by atoms with van der Waals surface area (Å²) in [6.07, 6.45) is 0.961. The smallest absolute Gasteiger partial charge is 0.265 e. The molecule has 0 atom stereocenters. The van der Waals surface area contributed by atoms with Gasteiger partial charge in [-0.2, -0.15) is 0 Å². The minimum Gasteiger partial charge on any atom is -0.375 e. The quantitative estimate of drug-likeness (QED) is 0.855. The molecule has 17 heavy (non-hydrogen) atoms. The fourth-order valence-corrected chi connectivity index (χ4v) is 2.34. The van der Waals surface area contributed by atoms with Crippen LogP contribution in [0.25, 0.3) is 0 Å². The van der Waals surface area contributed by atoms with Crippen LogP contribution in [0.1, 0.15) is 21.8 Å². The van der Waals surface area contributed by atoms with Crippen molar-refractivity contribution >= 4 is 22.4 Å². The molecule has 0 unspecified atom stereocenters. The van der Waals surface area contributed by atoms with Crippen LogP contribution >= 0.6 is 11.3 Å². The van der Waals surface area contributed by atoms with Gasteiger partial charge >= 0.3 is 0 Å². The molecule has 0 aromatic carbocycles. The van der Waals surface area contributed by atoms with Crippen molar-refractivity contribution in [2.24, 2.45) is 0 Å². The third-order valence-corrected chi connectivity index (χ3v) is 3.43. The predicted molar refractivity (Wildman–Crippen MR) is 71.4 cm³/mol. The van der Waals surface area contributed by atoms with Gasteiger partial charge in [0.15, 0.2) is 5.13 Å². The molecule has 0 radical (unpaired) electrons. The zero-order valence-corrected chi connectivity index (χ0v) is 11.7. The van der Waals surface area contributed by atoms with Gasteiger partial charge in [-0.25, -0.2) is 4.98 Å². The Labute approximate surface area is 106 Å². The van der Waals surface area contributed by atoms with Crippen molar-refractivity contribution < 1.29 is 4.79 Å². The number of aromatic nitrogens is 1. The standard InChI is InChI=1S/C11H20N4OS/c1-8-9(17-11(12)13-8)10(16)15(4)7-5-6-14(2)3/h5-7H2,1-4H3,(H2,12,13). The van der Waals surface area contributed by atoms with E-state index in [1.165, 1.54) is 11.3 Å². The van der Waals surface area contributed by atoms with Crippen LogP contribution in [0, 0.1) is 6.92 Å². The number of hydrogen-bond acceptors (Lipinski definition) is 5. The molecule has 0 spiro atoms. The lowest BCUT2D eigenvalue weighted by Crippen LogP contribution is -2.29. The second kappa shape index (κ2) is 5.97. The lowest BCUT2D eigenvalue weighted by Gasteiger charge is -2.17. The van der Waals surface area contributed by atoms with Gasteiger partial charge in [0, 0.05) is 13.6 Å². The normalized spacial score (nSPS) is 10.9. The SMILES string of the molecule is Cc1nc(N)sc1C(=O)N(C)CCCN(C)C. The number of hydrogen-bond donors (Lipinski definition) is 1. The van der Waals surface area contributed by atoms with Gasteiger partial charge in [-0.3, -0.25) is 4.79 Å². The third kappa shape index (κ3) is 3.98. The van der Waals surface area contributed by atoms with E-state index < -0.39 is 0 Å². The highest BCUT2D eigenvalue weighted by atomic mass is 32.1. The van der Waals surface area contributed by atoms with Gasteiger partial charge in [0.1, 0.15) is 4.88 Å². The second-order valence-electron chi connectivity index (χ2n) is 4.35. The van der Waals surface area contributed by atoms with Gasteiger partial charge in [-0.1, -0.05) is 11.3 Å². The van der Waals surface area contributed by atoms with Crippen molar-refractivity contribution in [2.45, 2.75) is 13.3 Å². The van der Waals surface area contributed by atoms with E-state index in [1.807, 2.05) is 28.1 Å². The molecule has 0 aliphatic rings. The Morgan fingerprint density at radius 3 is 2.47 bits per heavy atom. The summed E-state index contributed by atoms with van der Waals surface area (Å²) in [7, 11) is 5.86. The van der Waals surface area contributed by atoms with Crippen LogP contribution in [0.4, 0.5) is 5.13 Å². The number of carbonyl (C=O) groups is 1. The second-order valence-corrected chi connectivity index (χ2v) is 5.38. The number of nitrogens with zero attached hydrogens (tertiary/aromatic N) is 3. The van der Waals surface area contributed by atoms with E-state index in [9.17, 15) is 4.79 Å². The van der Waals surface area contributed by atoms with Gasteiger partial charge in [0.2, 0.25) is 0 Å². The molecule has 0 bridgehead atoms. The average Bonchev–Trinajstić information content (AvgIpc) is 2.56. The molecule has 96 valence electrons. The molecular formula is C11H20N4OS. The Bertz CT molecular complexity index is 389. The van der Waals surface area contributed by atoms with Gasteiger partial charge < -0.3 is 15.5 Å². The fourth-order valence-electron chi connectivity index (χ4n) is 1.51. The zero-order chi connectivity index (χ0) is 13.0. The Balaban J connectivity index is 2.55. The van der Waals surface area contributed by atoms with Gasteiger partial charge in [-0.05, 0) is 34.0 Å². The summed E-state index contributed by atoms with van der Waals surface area (Å²) in [5.41, 5.74) is 6.31. The van der Waals surface area contributed by atoms with Crippen molar-refractivity contribution in [3.63, 3.8) is 0 Å². The number of thiazole rings is 1. The monoisotopic (exact) mass is 256 g/mol. The van der Waals surface area contributed by atoms with Crippen LogP contribution in [0.3, 0.4) is 0 Å². The molecule has 6 heteroatoms. The molecule has 1 rings (SSSR count). The maximum atomic E-state index is 12.1. The molecule has 2 N–H and O–H groups in total. The van der Waals surface area contributed by atoms with Gasteiger partial charge in [-0.15, -0.1) is 0 Å². The van der Waals surface area contributed by atoms with Crippen molar-refractivity contribution in [2.75, 3.05) is 40.0 Å². The summed E-state index contributed by atoms with van der Waals surface area (Å²) in [4.78, 5) is 20.6. The van der Waals surface area contributed by atoms with E-state index in [-0.39, 0.29) is 5.91 Å². The van der Waals surface area contributed by atoms with E-state index in [4.69, 9.17) is 5.73 Å². The molecule has 1 aromatic rings. The maximum Gasteiger partial charge on any atom is 0.265 e. The van der Waals surface area contributed by atoms with E-state index in [1.54, 1.807) is 4.90 Å². The molecule has 5 nitrogen and oxygen atoms in total. The van der Waals surface area contributed by atoms with Crippen molar-refractivity contribution in [3.05, 3.63) is 10.6 Å². The maximum absolute atomic E-state index is 12.1. The van der Waals surface area contributed by atoms with Crippen LogP contribution in [0.5, 0.6) is 0 Å². The van der Waals surface area contributed by atoms with Crippen molar-refractivity contribution in [1.82, 2.24) is 14.8 Å². The highest BCUT2D eigenvalue weighted by molar-refractivity contribution is 7.17. The third-order valence-electron chi connectivity index (χ3n) is 2.45. The Morgan fingerprint density at radius 1 is 1.35 bits per heavy atom. The largest absolute Gasteiger partial charge is 0.375 e. The van der Waals surface area contributed by atoms with Crippen LogP contribution in [-0.4, -0.2) is 54.9 Å². The molecular weight excluding hydrogens is 236 g/mol. The molecule has 0 fully saturated rings. The summed E-state index contributed by atoms with van der Waals surface area (Å²) < 4.78 is 0. The lowest BCUT2D eigenvalue weighted by molar-refractivity contribution is 0.0794. The molecule has 0 aliphatic carbocycles. The topological polar surface area (TPSA) is 62.5 Å². The number of amides is 1. The van der Waals surface area contributed by atoms with E-state index in [0.717, 1.165) is 25.2 Å². The first kappa shape index (κ1) is 13.9. The molecule has 0 aliphatic heterocycles. The van der Waals surface area contributed by atoms with Crippen LogP contribution < -0.4 is 5.73 Å². The average molecular weight is 256 g/mol. The highest BCUT2D eigenvalue weighted by Crippen LogP contribution is 2.20. The number of rotatable bonds is 5. The Kier molecular flexibility index (Phi) is 4.89. The van der Waals surface area contributed by atoms with E-state index in [2.05, 4.69) is 9.88 Å². The summed E-state index contributed by atoms with van der Waals surface area (Å²) in [5.74, 6) is 0.00968. The van der Waals surface area contributed by atoms with Crippen LogP contribution in [0.2, 0.25) is 0 Å².